The minimum absolute atomic E-state index is 0.0496. The molecular formula is C23H24F3N5O3. The third kappa shape index (κ3) is 4.55. The van der Waals surface area contributed by atoms with Crippen molar-refractivity contribution >= 4 is 11.8 Å². The van der Waals surface area contributed by atoms with Crippen molar-refractivity contribution in [1.82, 2.24) is 24.7 Å². The van der Waals surface area contributed by atoms with Crippen LogP contribution in [0, 0.1) is 6.92 Å². The van der Waals surface area contributed by atoms with E-state index in [9.17, 15) is 22.8 Å². The molecule has 8 nitrogen and oxygen atoms in total. The molecule has 1 aliphatic heterocycles. The number of aryl methyl sites for hydroxylation is 2. The molecule has 11 heteroatoms. The quantitative estimate of drug-likeness (QED) is 0.562. The van der Waals surface area contributed by atoms with Crippen molar-refractivity contribution < 1.29 is 27.3 Å². The molecule has 0 spiro atoms. The van der Waals surface area contributed by atoms with Gasteiger partial charge in [-0.25, -0.2) is 0 Å². The van der Waals surface area contributed by atoms with Gasteiger partial charge in [0.25, 0.3) is 11.8 Å². The zero-order valence-corrected chi connectivity index (χ0v) is 19.0. The molecule has 0 bridgehead atoms. The molecule has 0 unspecified atom stereocenters. The van der Waals surface area contributed by atoms with Crippen molar-refractivity contribution in [2.75, 3.05) is 20.6 Å². The van der Waals surface area contributed by atoms with E-state index in [0.717, 1.165) is 5.56 Å². The van der Waals surface area contributed by atoms with Crippen LogP contribution >= 0.6 is 0 Å². The number of benzene rings is 1. The van der Waals surface area contributed by atoms with Crippen LogP contribution in [0.15, 0.2) is 34.9 Å². The summed E-state index contributed by atoms with van der Waals surface area (Å²) in [5, 5.41) is 8.27. The fourth-order valence-corrected chi connectivity index (χ4v) is 4.04. The number of aromatic nitrogens is 3. The second kappa shape index (κ2) is 8.96. The monoisotopic (exact) mass is 475 g/mol. The van der Waals surface area contributed by atoms with Crippen molar-refractivity contribution in [3.63, 3.8) is 0 Å². The number of fused-ring (bicyclic) bond motifs is 1. The molecule has 2 amide bonds. The van der Waals surface area contributed by atoms with Crippen molar-refractivity contribution in [3.8, 4) is 11.3 Å². The fraction of sp³-hybridized carbons (Fsp3) is 0.391. The highest BCUT2D eigenvalue weighted by atomic mass is 19.4. The van der Waals surface area contributed by atoms with E-state index in [1.807, 2.05) is 30.3 Å². The van der Waals surface area contributed by atoms with Gasteiger partial charge in [0, 0.05) is 50.4 Å². The molecule has 1 aromatic carbocycles. The molecule has 1 aliphatic rings. The highest BCUT2D eigenvalue weighted by Gasteiger charge is 2.35. The third-order valence-electron chi connectivity index (χ3n) is 5.76. The van der Waals surface area contributed by atoms with Gasteiger partial charge in [0.2, 0.25) is 0 Å². The zero-order valence-electron chi connectivity index (χ0n) is 19.0. The Morgan fingerprint density at radius 3 is 2.53 bits per heavy atom. The Kier molecular flexibility index (Phi) is 6.20. The van der Waals surface area contributed by atoms with E-state index in [-0.39, 0.29) is 37.7 Å². The van der Waals surface area contributed by atoms with Gasteiger partial charge in [0.05, 0.1) is 13.0 Å². The fourth-order valence-electron chi connectivity index (χ4n) is 4.04. The summed E-state index contributed by atoms with van der Waals surface area (Å²) in [6.07, 6.45) is -5.13. The summed E-state index contributed by atoms with van der Waals surface area (Å²) in [7, 11) is 3.09. The second-order valence-corrected chi connectivity index (χ2v) is 8.37. The lowest BCUT2D eigenvalue weighted by Gasteiger charge is -2.28. The van der Waals surface area contributed by atoms with Crippen LogP contribution in [-0.2, 0) is 19.5 Å². The van der Waals surface area contributed by atoms with Gasteiger partial charge in [0.15, 0.2) is 5.69 Å². The Labute approximate surface area is 193 Å². The van der Waals surface area contributed by atoms with E-state index >= 15 is 0 Å². The number of alkyl halides is 3. The predicted octanol–water partition coefficient (Wildman–Crippen LogP) is 3.70. The smallest absolute Gasteiger partial charge is 0.360 e. The van der Waals surface area contributed by atoms with Gasteiger partial charge < -0.3 is 14.3 Å². The normalized spacial score (nSPS) is 13.6. The zero-order chi connectivity index (χ0) is 24.6. The molecule has 3 heterocycles. The molecule has 4 rings (SSSR count). The van der Waals surface area contributed by atoms with E-state index in [4.69, 9.17) is 4.52 Å². The molecule has 0 N–H and O–H groups in total. The highest BCUT2D eigenvalue weighted by Crippen LogP contribution is 2.30. The standard InChI is InChI=1S/C23H24F3N5O3/c1-14-18(19(28-34-14)15-7-5-4-6-8-15)21(32)30-11-9-17-16(13-30)20(22(33)29(2)3)27-31(17)12-10-23(24,25)26/h4-8H,9-13H2,1-3H3. The molecule has 0 aliphatic carbocycles. The highest BCUT2D eigenvalue weighted by molar-refractivity contribution is 6.01. The lowest BCUT2D eigenvalue weighted by atomic mass is 10.0. The Bertz CT molecular complexity index is 1210. The summed E-state index contributed by atoms with van der Waals surface area (Å²) in [5.74, 6) is -0.392. The van der Waals surface area contributed by atoms with E-state index in [1.54, 1.807) is 25.9 Å². The molecule has 0 saturated heterocycles. The van der Waals surface area contributed by atoms with E-state index in [2.05, 4.69) is 10.3 Å². The maximum atomic E-state index is 13.5. The van der Waals surface area contributed by atoms with Gasteiger partial charge in [-0.05, 0) is 6.92 Å². The Morgan fingerprint density at radius 2 is 1.88 bits per heavy atom. The van der Waals surface area contributed by atoms with Crippen molar-refractivity contribution in [2.45, 2.75) is 39.0 Å². The van der Waals surface area contributed by atoms with E-state index < -0.39 is 18.5 Å². The predicted molar refractivity (Wildman–Crippen MR) is 116 cm³/mol. The molecule has 2 aromatic heterocycles. The average Bonchev–Trinajstić information content (AvgIpc) is 3.36. The minimum Gasteiger partial charge on any atom is -0.360 e. The van der Waals surface area contributed by atoms with Crippen molar-refractivity contribution in [2.24, 2.45) is 0 Å². The number of nitrogens with zero attached hydrogens (tertiary/aromatic N) is 5. The first-order chi connectivity index (χ1) is 16.1. The van der Waals surface area contributed by atoms with Gasteiger partial charge in [-0.3, -0.25) is 14.3 Å². The maximum Gasteiger partial charge on any atom is 0.390 e. The van der Waals surface area contributed by atoms with Crippen molar-refractivity contribution in [3.05, 3.63) is 58.6 Å². The summed E-state index contributed by atoms with van der Waals surface area (Å²) in [4.78, 5) is 29.1. The number of hydrogen-bond acceptors (Lipinski definition) is 5. The molecule has 0 atom stereocenters. The first-order valence-corrected chi connectivity index (χ1v) is 10.7. The number of halogens is 3. The summed E-state index contributed by atoms with van der Waals surface area (Å²) >= 11 is 0. The van der Waals surface area contributed by atoms with Crippen LogP contribution in [-0.4, -0.2) is 63.4 Å². The van der Waals surface area contributed by atoms with E-state index in [0.29, 0.717) is 28.3 Å². The summed E-state index contributed by atoms with van der Waals surface area (Å²) in [6, 6.07) is 9.15. The van der Waals surface area contributed by atoms with Gasteiger partial charge in [0.1, 0.15) is 17.0 Å². The first kappa shape index (κ1) is 23.5. The molecule has 3 aromatic rings. The second-order valence-electron chi connectivity index (χ2n) is 8.37. The maximum absolute atomic E-state index is 13.5. The summed E-state index contributed by atoms with van der Waals surface area (Å²) in [6.45, 7) is 1.58. The SMILES string of the molecule is Cc1onc(-c2ccccc2)c1C(=O)N1CCc2c(c(C(=O)N(C)C)nn2CCC(F)(F)F)C1. The van der Waals surface area contributed by atoms with Crippen LogP contribution in [0.1, 0.15) is 44.3 Å². The third-order valence-corrected chi connectivity index (χ3v) is 5.76. The Hall–Kier alpha value is -3.63. The Morgan fingerprint density at radius 1 is 1.18 bits per heavy atom. The van der Waals surface area contributed by atoms with Crippen LogP contribution in [0.3, 0.4) is 0 Å². The lowest BCUT2D eigenvalue weighted by molar-refractivity contribution is -0.137. The number of carbonyl (C=O) groups excluding carboxylic acids is 2. The van der Waals surface area contributed by atoms with Crippen LogP contribution in [0.5, 0.6) is 0 Å². The van der Waals surface area contributed by atoms with E-state index in [1.165, 1.54) is 9.58 Å². The van der Waals surface area contributed by atoms with Gasteiger partial charge in [-0.1, -0.05) is 35.5 Å². The number of carbonyl (C=O) groups is 2. The van der Waals surface area contributed by atoms with Crippen LogP contribution in [0.25, 0.3) is 11.3 Å². The van der Waals surface area contributed by atoms with Gasteiger partial charge in [-0.15, -0.1) is 0 Å². The molecule has 180 valence electrons. The first-order valence-electron chi connectivity index (χ1n) is 10.7. The number of hydrogen-bond donors (Lipinski definition) is 0. The molecule has 0 saturated carbocycles. The van der Waals surface area contributed by atoms with Crippen LogP contribution in [0.2, 0.25) is 0 Å². The molecular weight excluding hydrogens is 451 g/mol. The number of amides is 2. The molecule has 0 fully saturated rings. The topological polar surface area (TPSA) is 84.5 Å². The molecule has 0 radical (unpaired) electrons. The van der Waals surface area contributed by atoms with Gasteiger partial charge in [-0.2, -0.15) is 18.3 Å². The van der Waals surface area contributed by atoms with Gasteiger partial charge >= 0.3 is 6.18 Å². The summed E-state index contributed by atoms with van der Waals surface area (Å²) < 4.78 is 45.0. The minimum atomic E-state index is -4.35. The Balaban J connectivity index is 1.67. The van der Waals surface area contributed by atoms with Crippen LogP contribution in [0.4, 0.5) is 13.2 Å². The lowest BCUT2D eigenvalue weighted by Crippen LogP contribution is -2.37. The number of rotatable bonds is 5. The largest absolute Gasteiger partial charge is 0.390 e. The molecule has 34 heavy (non-hydrogen) atoms. The van der Waals surface area contributed by atoms with Crippen molar-refractivity contribution in [1.29, 1.82) is 0 Å². The average molecular weight is 475 g/mol. The summed E-state index contributed by atoms with van der Waals surface area (Å²) in [5.41, 5.74) is 2.53. The van der Waals surface area contributed by atoms with Crippen LogP contribution < -0.4 is 0 Å².